The zero-order valence-corrected chi connectivity index (χ0v) is 16.0. The summed E-state index contributed by atoms with van der Waals surface area (Å²) in [6, 6.07) is 9.33. The van der Waals surface area contributed by atoms with Crippen LogP contribution in [0.3, 0.4) is 0 Å². The van der Waals surface area contributed by atoms with Gasteiger partial charge >= 0.3 is 0 Å². The van der Waals surface area contributed by atoms with Gasteiger partial charge in [0.25, 0.3) is 5.91 Å². The van der Waals surface area contributed by atoms with Crippen molar-refractivity contribution in [3.05, 3.63) is 35.9 Å². The van der Waals surface area contributed by atoms with Gasteiger partial charge in [-0.3, -0.25) is 9.59 Å². The van der Waals surface area contributed by atoms with Crippen LogP contribution in [0.25, 0.3) is 0 Å². The van der Waals surface area contributed by atoms with Crippen LogP contribution >= 0.6 is 0 Å². The lowest BCUT2D eigenvalue weighted by Crippen LogP contribution is -2.57. The number of amides is 2. The Kier molecular flexibility index (Phi) is 5.66. The van der Waals surface area contributed by atoms with Crippen LogP contribution < -0.4 is 5.32 Å². The number of hydrogen-bond donors (Lipinski definition) is 1. The summed E-state index contributed by atoms with van der Waals surface area (Å²) in [5.74, 6) is -0.182. The van der Waals surface area contributed by atoms with Crippen LogP contribution in [-0.4, -0.2) is 42.0 Å². The molecule has 0 spiro atoms. The Morgan fingerprint density at radius 1 is 1.31 bits per heavy atom. The maximum atomic E-state index is 13.0. The second kappa shape index (κ2) is 7.78. The van der Waals surface area contributed by atoms with E-state index >= 15 is 0 Å². The first-order chi connectivity index (χ1) is 12.5. The number of hydrogen-bond acceptors (Lipinski definition) is 3. The van der Waals surface area contributed by atoms with Crippen molar-refractivity contribution in [3.8, 4) is 0 Å². The maximum absolute atomic E-state index is 13.0. The Morgan fingerprint density at radius 3 is 2.54 bits per heavy atom. The third-order valence-electron chi connectivity index (χ3n) is 6.02. The Bertz CT molecular complexity index is 634. The molecule has 0 aromatic heterocycles. The number of ether oxygens (including phenoxy) is 1. The minimum absolute atomic E-state index is 0.000484. The summed E-state index contributed by atoms with van der Waals surface area (Å²) in [4.78, 5) is 27.3. The van der Waals surface area contributed by atoms with Gasteiger partial charge in [0.2, 0.25) is 5.91 Å². The molecule has 0 radical (unpaired) electrons. The van der Waals surface area contributed by atoms with Crippen molar-refractivity contribution < 1.29 is 14.3 Å². The largest absolute Gasteiger partial charge is 0.356 e. The average Bonchev–Trinajstić information content (AvgIpc) is 2.61. The molecule has 5 nitrogen and oxygen atoms in total. The van der Waals surface area contributed by atoms with Gasteiger partial charge in [-0.25, -0.2) is 0 Å². The summed E-state index contributed by atoms with van der Waals surface area (Å²) in [6.07, 6.45) is 4.00. The van der Waals surface area contributed by atoms with Crippen molar-refractivity contribution in [3.63, 3.8) is 0 Å². The van der Waals surface area contributed by atoms with Crippen molar-refractivity contribution in [2.75, 3.05) is 13.2 Å². The molecule has 0 bridgehead atoms. The summed E-state index contributed by atoms with van der Waals surface area (Å²) in [7, 11) is 0. The van der Waals surface area contributed by atoms with Crippen molar-refractivity contribution in [1.29, 1.82) is 0 Å². The second-order valence-corrected chi connectivity index (χ2v) is 7.91. The molecule has 1 heterocycles. The molecular formula is C21H30N2O3. The number of carbonyl (C=O) groups is 2. The van der Waals surface area contributed by atoms with E-state index in [1.54, 1.807) is 4.90 Å². The number of nitrogens with zero attached hydrogens (tertiary/aromatic N) is 1. The SMILES string of the molecule is CCC1(CNC(=O)C2OCC(=O)N(C(C)C)C2c2ccccc2)CCC1. The first-order valence-electron chi connectivity index (χ1n) is 9.73. The summed E-state index contributed by atoms with van der Waals surface area (Å²) in [5, 5.41) is 3.12. The highest BCUT2D eigenvalue weighted by molar-refractivity contribution is 5.86. The molecule has 2 amide bonds. The lowest BCUT2D eigenvalue weighted by Gasteiger charge is -2.44. The fraction of sp³-hybridized carbons (Fsp3) is 0.619. The third-order valence-corrected chi connectivity index (χ3v) is 6.02. The number of carbonyl (C=O) groups excluding carboxylic acids is 2. The van der Waals surface area contributed by atoms with Gasteiger partial charge in [0.15, 0.2) is 6.10 Å². The number of morpholine rings is 1. The summed E-state index contributed by atoms with van der Waals surface area (Å²) < 4.78 is 5.75. The molecule has 2 fully saturated rings. The number of rotatable bonds is 6. The van der Waals surface area contributed by atoms with Crippen molar-refractivity contribution in [2.45, 2.75) is 64.6 Å². The Balaban J connectivity index is 1.81. The fourth-order valence-corrected chi connectivity index (χ4v) is 4.15. The zero-order chi connectivity index (χ0) is 18.7. The molecule has 1 aliphatic heterocycles. The van der Waals surface area contributed by atoms with Crippen molar-refractivity contribution >= 4 is 11.8 Å². The normalized spacial score (nSPS) is 25.1. The molecule has 1 saturated heterocycles. The highest BCUT2D eigenvalue weighted by atomic mass is 16.5. The molecule has 142 valence electrons. The van der Waals surface area contributed by atoms with Gasteiger partial charge in [-0.05, 0) is 44.1 Å². The quantitative estimate of drug-likeness (QED) is 0.850. The molecule has 26 heavy (non-hydrogen) atoms. The molecule has 1 aromatic carbocycles. The molecule has 1 N–H and O–H groups in total. The van der Waals surface area contributed by atoms with Gasteiger partial charge < -0.3 is 15.0 Å². The molecule has 2 unspecified atom stereocenters. The summed E-state index contributed by atoms with van der Waals surface area (Å²) in [5.41, 5.74) is 1.18. The van der Waals surface area contributed by atoms with E-state index in [2.05, 4.69) is 12.2 Å². The van der Waals surface area contributed by atoms with E-state index in [1.165, 1.54) is 19.3 Å². The molecule has 1 aliphatic carbocycles. The molecule has 1 saturated carbocycles. The molecule has 2 aliphatic rings. The second-order valence-electron chi connectivity index (χ2n) is 7.91. The molecule has 5 heteroatoms. The van der Waals surface area contributed by atoms with Gasteiger partial charge in [0.05, 0.1) is 6.04 Å². The molecule has 3 rings (SSSR count). The highest BCUT2D eigenvalue weighted by Crippen LogP contribution is 2.43. The van der Waals surface area contributed by atoms with E-state index in [-0.39, 0.29) is 29.9 Å². The minimum atomic E-state index is -0.675. The fourth-order valence-electron chi connectivity index (χ4n) is 4.15. The van der Waals surface area contributed by atoms with E-state index < -0.39 is 12.1 Å². The van der Waals surface area contributed by atoms with Crippen LogP contribution in [0.1, 0.15) is 58.1 Å². The maximum Gasteiger partial charge on any atom is 0.251 e. The Labute approximate surface area is 156 Å². The van der Waals surface area contributed by atoms with Crippen LogP contribution in [0.5, 0.6) is 0 Å². The van der Waals surface area contributed by atoms with Crippen LogP contribution in [0.15, 0.2) is 30.3 Å². The van der Waals surface area contributed by atoms with Gasteiger partial charge in [0, 0.05) is 12.6 Å². The van der Waals surface area contributed by atoms with Gasteiger partial charge in [-0.2, -0.15) is 0 Å². The average molecular weight is 358 g/mol. The van der Waals surface area contributed by atoms with Crippen LogP contribution in [0, 0.1) is 5.41 Å². The molecule has 1 aromatic rings. The molecule has 2 atom stereocenters. The predicted octanol–water partition coefficient (Wildman–Crippen LogP) is 3.06. The lowest BCUT2D eigenvalue weighted by molar-refractivity contribution is -0.167. The van der Waals surface area contributed by atoms with E-state index in [1.807, 2.05) is 44.2 Å². The minimum Gasteiger partial charge on any atom is -0.356 e. The van der Waals surface area contributed by atoms with Crippen molar-refractivity contribution in [1.82, 2.24) is 10.2 Å². The van der Waals surface area contributed by atoms with E-state index in [0.29, 0.717) is 6.54 Å². The third kappa shape index (κ3) is 3.63. The smallest absolute Gasteiger partial charge is 0.251 e. The van der Waals surface area contributed by atoms with Crippen LogP contribution in [0.4, 0.5) is 0 Å². The monoisotopic (exact) mass is 358 g/mol. The number of nitrogens with one attached hydrogen (secondary N) is 1. The predicted molar refractivity (Wildman–Crippen MR) is 100 cm³/mol. The standard InChI is InChI=1S/C21H30N2O3/c1-4-21(11-8-12-21)14-22-20(25)19-18(16-9-6-5-7-10-16)23(15(2)3)17(24)13-26-19/h5-7,9-10,15,18-19H,4,8,11-14H2,1-3H3,(H,22,25). The van der Waals surface area contributed by atoms with E-state index in [4.69, 9.17) is 4.74 Å². The van der Waals surface area contributed by atoms with Crippen LogP contribution in [-0.2, 0) is 14.3 Å². The van der Waals surface area contributed by atoms with E-state index in [9.17, 15) is 9.59 Å². The highest BCUT2D eigenvalue weighted by Gasteiger charge is 2.43. The van der Waals surface area contributed by atoms with Gasteiger partial charge in [-0.15, -0.1) is 0 Å². The van der Waals surface area contributed by atoms with Gasteiger partial charge in [0.1, 0.15) is 6.61 Å². The van der Waals surface area contributed by atoms with Crippen molar-refractivity contribution in [2.24, 2.45) is 5.41 Å². The summed E-state index contributed by atoms with van der Waals surface area (Å²) in [6.45, 7) is 6.80. The topological polar surface area (TPSA) is 58.6 Å². The first kappa shape index (κ1) is 18.9. The molecular weight excluding hydrogens is 328 g/mol. The van der Waals surface area contributed by atoms with Crippen LogP contribution in [0.2, 0.25) is 0 Å². The summed E-state index contributed by atoms with van der Waals surface area (Å²) >= 11 is 0. The zero-order valence-electron chi connectivity index (χ0n) is 16.0. The van der Waals surface area contributed by atoms with E-state index in [0.717, 1.165) is 12.0 Å². The first-order valence-corrected chi connectivity index (χ1v) is 9.73. The Morgan fingerprint density at radius 2 is 2.00 bits per heavy atom. The Hall–Kier alpha value is -1.88. The van der Waals surface area contributed by atoms with Gasteiger partial charge in [-0.1, -0.05) is 43.7 Å². The lowest BCUT2D eigenvalue weighted by atomic mass is 9.67. The number of benzene rings is 1.